The summed E-state index contributed by atoms with van der Waals surface area (Å²) in [6.45, 7) is 7.04. The Bertz CT molecular complexity index is 470. The fraction of sp³-hybridized carbons (Fsp3) is 0.647. The summed E-state index contributed by atoms with van der Waals surface area (Å²) >= 11 is 0. The Balaban J connectivity index is 0.00000529. The Kier molecular flexibility index (Phi) is 13.6. The Morgan fingerprint density at radius 3 is 2.75 bits per heavy atom. The van der Waals surface area contributed by atoms with Crippen LogP contribution in [0.4, 0.5) is 0 Å². The number of methoxy groups -OCH3 is 1. The molecule has 0 spiro atoms. The molecule has 0 unspecified atom stereocenters. The van der Waals surface area contributed by atoms with Crippen LogP contribution in [0.5, 0.6) is 5.88 Å². The number of pyridine rings is 1. The van der Waals surface area contributed by atoms with Crippen molar-refractivity contribution in [3.63, 3.8) is 0 Å². The van der Waals surface area contributed by atoms with E-state index in [0.29, 0.717) is 25.6 Å². The predicted molar refractivity (Wildman–Crippen MR) is 109 cm³/mol. The lowest BCUT2D eigenvalue weighted by molar-refractivity contribution is 0.143. The third-order valence-corrected chi connectivity index (χ3v) is 3.30. The normalized spacial score (nSPS) is 11.1. The Labute approximate surface area is 162 Å². The van der Waals surface area contributed by atoms with E-state index in [1.807, 2.05) is 12.1 Å². The quantitative estimate of drug-likeness (QED) is 0.248. The number of nitrogens with zero attached hydrogens (tertiary/aromatic N) is 2. The second kappa shape index (κ2) is 14.3. The highest BCUT2D eigenvalue weighted by Gasteiger charge is 2.06. The van der Waals surface area contributed by atoms with Gasteiger partial charge in [0.1, 0.15) is 6.61 Å². The fourth-order valence-corrected chi connectivity index (χ4v) is 2.03. The van der Waals surface area contributed by atoms with E-state index < -0.39 is 0 Å². The summed E-state index contributed by atoms with van der Waals surface area (Å²) < 4.78 is 10.6. The van der Waals surface area contributed by atoms with Crippen molar-refractivity contribution in [3.8, 4) is 5.88 Å². The van der Waals surface area contributed by atoms with Crippen molar-refractivity contribution in [2.75, 3.05) is 33.9 Å². The summed E-state index contributed by atoms with van der Waals surface area (Å²) in [5.41, 5.74) is 0.994. The van der Waals surface area contributed by atoms with Crippen LogP contribution in [0.1, 0.15) is 32.3 Å². The monoisotopic (exact) mass is 450 g/mol. The Morgan fingerprint density at radius 1 is 1.29 bits per heavy atom. The van der Waals surface area contributed by atoms with E-state index in [4.69, 9.17) is 9.47 Å². The van der Waals surface area contributed by atoms with Crippen LogP contribution in [-0.4, -0.2) is 44.9 Å². The molecular formula is C17H31IN4O2. The third-order valence-electron chi connectivity index (χ3n) is 3.30. The summed E-state index contributed by atoms with van der Waals surface area (Å²) in [4.78, 5) is 8.51. The highest BCUT2D eigenvalue weighted by atomic mass is 127. The highest BCUT2D eigenvalue weighted by Crippen LogP contribution is 2.13. The van der Waals surface area contributed by atoms with Gasteiger partial charge in [-0.05, 0) is 24.8 Å². The standard InChI is InChI=1S/C17H30N4O2.HI/c1-14(2)7-5-10-20-17(18-3)21-13-15-8-6-9-19-16(15)23-12-11-22-4;/h6,8-9,14H,5,7,10-13H2,1-4H3,(H2,18,20,21);1H. The molecule has 1 heterocycles. The molecule has 0 fully saturated rings. The van der Waals surface area contributed by atoms with Gasteiger partial charge in [0.15, 0.2) is 5.96 Å². The first-order chi connectivity index (χ1) is 11.2. The van der Waals surface area contributed by atoms with Gasteiger partial charge < -0.3 is 20.1 Å². The maximum absolute atomic E-state index is 5.63. The molecule has 0 atom stereocenters. The maximum atomic E-state index is 5.63. The molecule has 0 saturated carbocycles. The van der Waals surface area contributed by atoms with Gasteiger partial charge in [-0.1, -0.05) is 19.9 Å². The van der Waals surface area contributed by atoms with E-state index in [1.165, 1.54) is 6.42 Å². The lowest BCUT2D eigenvalue weighted by Crippen LogP contribution is -2.37. The van der Waals surface area contributed by atoms with Gasteiger partial charge >= 0.3 is 0 Å². The second-order valence-electron chi connectivity index (χ2n) is 5.70. The largest absolute Gasteiger partial charge is 0.475 e. The molecule has 1 aromatic heterocycles. The Morgan fingerprint density at radius 2 is 2.08 bits per heavy atom. The van der Waals surface area contributed by atoms with Gasteiger partial charge in [-0.15, -0.1) is 24.0 Å². The number of guanidine groups is 1. The summed E-state index contributed by atoms with van der Waals surface area (Å²) in [5, 5.41) is 6.62. The Hall–Kier alpha value is -1.09. The molecule has 0 aliphatic rings. The summed E-state index contributed by atoms with van der Waals surface area (Å²) in [5.74, 6) is 2.15. The maximum Gasteiger partial charge on any atom is 0.218 e. The van der Waals surface area contributed by atoms with E-state index >= 15 is 0 Å². The van der Waals surface area contributed by atoms with Gasteiger partial charge in [0, 0.05) is 39.0 Å². The van der Waals surface area contributed by atoms with E-state index in [-0.39, 0.29) is 24.0 Å². The van der Waals surface area contributed by atoms with Gasteiger partial charge in [0.25, 0.3) is 0 Å². The van der Waals surface area contributed by atoms with Gasteiger partial charge in [-0.3, -0.25) is 4.99 Å². The molecule has 0 saturated heterocycles. The molecule has 1 aromatic rings. The topological polar surface area (TPSA) is 67.8 Å². The third kappa shape index (κ3) is 9.92. The van der Waals surface area contributed by atoms with Crippen LogP contribution in [0.25, 0.3) is 0 Å². The van der Waals surface area contributed by atoms with E-state index in [1.54, 1.807) is 20.4 Å². The van der Waals surface area contributed by atoms with Crippen molar-refractivity contribution in [1.29, 1.82) is 0 Å². The van der Waals surface area contributed by atoms with E-state index in [9.17, 15) is 0 Å². The number of nitrogens with one attached hydrogen (secondary N) is 2. The summed E-state index contributed by atoms with van der Waals surface area (Å²) in [7, 11) is 3.43. The molecule has 0 bridgehead atoms. The van der Waals surface area contributed by atoms with Crippen LogP contribution >= 0.6 is 24.0 Å². The van der Waals surface area contributed by atoms with Crippen LogP contribution in [0.15, 0.2) is 23.3 Å². The number of aromatic nitrogens is 1. The molecule has 1 rings (SSSR count). The smallest absolute Gasteiger partial charge is 0.218 e. The lowest BCUT2D eigenvalue weighted by atomic mass is 10.1. The zero-order valence-electron chi connectivity index (χ0n) is 15.2. The number of aliphatic imine (C=N–C) groups is 1. The molecule has 7 heteroatoms. The van der Waals surface area contributed by atoms with Crippen LogP contribution in [0, 0.1) is 5.92 Å². The van der Waals surface area contributed by atoms with Crippen LogP contribution in [0.2, 0.25) is 0 Å². The molecule has 24 heavy (non-hydrogen) atoms. The molecule has 0 aliphatic heterocycles. The molecule has 0 amide bonds. The van der Waals surface area contributed by atoms with Gasteiger partial charge in [0.05, 0.1) is 6.61 Å². The molecule has 0 aromatic carbocycles. The minimum Gasteiger partial charge on any atom is -0.475 e. The first kappa shape index (κ1) is 22.9. The number of ether oxygens (including phenoxy) is 2. The number of hydrogen-bond acceptors (Lipinski definition) is 4. The SMILES string of the molecule is CN=C(NCCCC(C)C)NCc1cccnc1OCCOC.I. The molecule has 6 nitrogen and oxygen atoms in total. The number of hydrogen-bond donors (Lipinski definition) is 2. The average molecular weight is 450 g/mol. The minimum atomic E-state index is 0. The number of halogens is 1. The first-order valence-corrected chi connectivity index (χ1v) is 8.17. The molecule has 0 radical (unpaired) electrons. The average Bonchev–Trinajstić information content (AvgIpc) is 2.55. The van der Waals surface area contributed by atoms with Gasteiger partial charge in [0.2, 0.25) is 5.88 Å². The van der Waals surface area contributed by atoms with Crippen molar-refractivity contribution < 1.29 is 9.47 Å². The van der Waals surface area contributed by atoms with E-state index in [0.717, 1.165) is 30.4 Å². The lowest BCUT2D eigenvalue weighted by Gasteiger charge is -2.14. The zero-order chi connectivity index (χ0) is 16.9. The van der Waals surface area contributed by atoms with Crippen molar-refractivity contribution in [2.45, 2.75) is 33.2 Å². The predicted octanol–water partition coefficient (Wildman–Crippen LogP) is 2.83. The highest BCUT2D eigenvalue weighted by molar-refractivity contribution is 14.0. The van der Waals surface area contributed by atoms with Crippen molar-refractivity contribution in [2.24, 2.45) is 10.9 Å². The summed E-state index contributed by atoms with van der Waals surface area (Å²) in [6.07, 6.45) is 4.07. The summed E-state index contributed by atoms with van der Waals surface area (Å²) in [6, 6.07) is 3.90. The van der Waals surface area contributed by atoms with Crippen LogP contribution < -0.4 is 15.4 Å². The van der Waals surface area contributed by atoms with Crippen molar-refractivity contribution in [1.82, 2.24) is 15.6 Å². The van der Waals surface area contributed by atoms with Crippen molar-refractivity contribution in [3.05, 3.63) is 23.9 Å². The van der Waals surface area contributed by atoms with Crippen LogP contribution in [-0.2, 0) is 11.3 Å². The van der Waals surface area contributed by atoms with E-state index in [2.05, 4.69) is 34.5 Å². The van der Waals surface area contributed by atoms with Crippen LogP contribution in [0.3, 0.4) is 0 Å². The number of rotatable bonds is 10. The zero-order valence-corrected chi connectivity index (χ0v) is 17.5. The van der Waals surface area contributed by atoms with Crippen molar-refractivity contribution >= 4 is 29.9 Å². The fourth-order valence-electron chi connectivity index (χ4n) is 2.03. The second-order valence-corrected chi connectivity index (χ2v) is 5.70. The van der Waals surface area contributed by atoms with Gasteiger partial charge in [-0.2, -0.15) is 0 Å². The molecule has 2 N–H and O–H groups in total. The molecule has 138 valence electrons. The minimum absolute atomic E-state index is 0. The first-order valence-electron chi connectivity index (χ1n) is 8.17. The molecular weight excluding hydrogens is 419 g/mol. The van der Waals surface area contributed by atoms with Gasteiger partial charge in [-0.25, -0.2) is 4.98 Å². The molecule has 0 aliphatic carbocycles.